The topological polar surface area (TPSA) is 475 Å². The van der Waals surface area contributed by atoms with Gasteiger partial charge < -0.3 is 95.7 Å². The number of anilines is 3. The number of ether oxygens (including phenoxy) is 5. The highest BCUT2D eigenvalue weighted by atomic mass is 31.2. The molecule has 0 aliphatic carbocycles. The number of hydrogen-bond acceptors (Lipinski definition) is 29. The van der Waals surface area contributed by atoms with Gasteiger partial charge in [-0.25, -0.2) is 24.4 Å². The number of nitrogens with two attached hydrogens (primary N) is 3. The zero-order chi connectivity index (χ0) is 80.5. The van der Waals surface area contributed by atoms with E-state index in [9.17, 15) is 33.6 Å². The molecule has 7 aromatic rings. The molecule has 0 saturated carbocycles. The van der Waals surface area contributed by atoms with Crippen LogP contribution < -0.4 is 56.5 Å². The molecule has 0 spiro atoms. The van der Waals surface area contributed by atoms with Crippen molar-refractivity contribution in [2.75, 3.05) is 83.6 Å². The van der Waals surface area contributed by atoms with Gasteiger partial charge >= 0.3 is 17.1 Å². The van der Waals surface area contributed by atoms with Gasteiger partial charge in [0.1, 0.15) is 116 Å². The van der Waals surface area contributed by atoms with Crippen molar-refractivity contribution in [3.63, 3.8) is 0 Å². The molecule has 5 aliphatic heterocycles. The van der Waals surface area contributed by atoms with E-state index < -0.39 is 162 Å². The van der Waals surface area contributed by atoms with Crippen LogP contribution in [0.4, 0.5) is 17.6 Å². The monoisotopic (exact) mass is 1650 g/mol. The van der Waals surface area contributed by atoms with E-state index in [0.717, 1.165) is 0 Å². The van der Waals surface area contributed by atoms with E-state index in [2.05, 4.69) is 85.2 Å². The Labute approximate surface area is 638 Å². The molecule has 7 aromatic heterocycles. The summed E-state index contributed by atoms with van der Waals surface area (Å²) in [5.74, 6) is 1.03. The van der Waals surface area contributed by atoms with Crippen molar-refractivity contribution >= 4 is 108 Å². The van der Waals surface area contributed by atoms with Crippen LogP contribution in [0.25, 0.3) is 22.2 Å². The quantitative estimate of drug-likeness (QED) is 0.0264. The van der Waals surface area contributed by atoms with E-state index in [4.69, 9.17) is 86.1 Å². The first-order chi connectivity index (χ1) is 52.0. The minimum absolute atomic E-state index is 0.00199. The van der Waals surface area contributed by atoms with Gasteiger partial charge in [0.15, 0.2) is 16.7 Å². The minimum atomic E-state index is -3.29. The molecule has 10 unspecified atom stereocenters. The number of nitrogens with one attached hydrogen (secondary N) is 4. The standard InChI is InChI=1S/C68H101N16O22P5/c1-34(2)40-21-53(80-20-19-51(69)75-66(80)89)97-46(40)29-92-108(11,12)103-42-23-54(81-27-36(5)61(85)78-67(81)90)98-47(42)30-95-111(17,18)106-45-26-57(84-39(8)73-59-60(84)76-65(71)77-64(59)88)101-50(45)33-96-109(13,14)104-43-24-55(82-28-37(6)62(86)79-68(82)91)99-48(43)31-94-110(15,16)105-44-25-56(100-49(44)32-93-107(9,10)102-35(3)4)83-38(7)72-58-41(83)22-52(70)74-63(58)87/h19-20,22,27-28,34-35,40,42-50,53-57H,9,11,13,15,17,21,23-26,29-33H2,1-8,10,12,14,16,18H3,(H2,69,75,89)(H3,70,74,87)(H,78,85,90)(H,79,86,91)(H3,71,76,77,88)/t40?,42?,43?,44?,45?,46-,47-,48-,49-,50-,53-,54-,55-,56-,57-,107?,108?,109?,110?,111?/m1/s1. The van der Waals surface area contributed by atoms with E-state index in [1.54, 1.807) is 82.4 Å². The molecule has 5 fully saturated rings. The Morgan fingerprint density at radius 2 is 0.883 bits per heavy atom. The van der Waals surface area contributed by atoms with Gasteiger partial charge in [-0.3, -0.25) is 52.4 Å². The average Bonchev–Trinajstić information content (AvgIpc) is 1.61. The lowest BCUT2D eigenvalue weighted by atomic mass is 9.89. The molecular formula is C68H101N16O22P5. The van der Waals surface area contributed by atoms with Gasteiger partial charge in [0, 0.05) is 94.8 Å². The van der Waals surface area contributed by atoms with Gasteiger partial charge in [-0.15, -0.1) is 0 Å². The van der Waals surface area contributed by atoms with Crippen LogP contribution in [0.3, 0.4) is 0 Å². The molecule has 0 aromatic carbocycles. The molecule has 5 aliphatic rings. The Hall–Kier alpha value is -6.69. The van der Waals surface area contributed by atoms with Crippen molar-refractivity contribution in [2.24, 2.45) is 11.8 Å². The fourth-order valence-electron chi connectivity index (χ4n) is 14.5. The summed E-state index contributed by atoms with van der Waals surface area (Å²) in [6.45, 7) is 22.6. The van der Waals surface area contributed by atoms with Crippen LogP contribution in [-0.2, 0) is 68.9 Å². The molecule has 38 nitrogen and oxygen atoms in total. The van der Waals surface area contributed by atoms with Crippen molar-refractivity contribution in [1.29, 1.82) is 0 Å². The molecular weight excluding hydrogens is 1550 g/mol. The van der Waals surface area contributed by atoms with E-state index in [1.165, 1.54) is 32.2 Å². The van der Waals surface area contributed by atoms with Crippen LogP contribution in [0, 0.1) is 39.5 Å². The number of nitrogens with zero attached hydrogens (tertiary/aromatic N) is 9. The van der Waals surface area contributed by atoms with Crippen LogP contribution in [0.15, 0.2) is 64.3 Å². The summed E-state index contributed by atoms with van der Waals surface area (Å²) < 4.78 is 107. The van der Waals surface area contributed by atoms with Crippen LogP contribution >= 0.6 is 36.7 Å². The molecule has 0 bridgehead atoms. The maximum atomic E-state index is 13.6. The van der Waals surface area contributed by atoms with Gasteiger partial charge in [0.2, 0.25) is 5.95 Å². The lowest BCUT2D eigenvalue weighted by Gasteiger charge is -2.32. The van der Waals surface area contributed by atoms with Gasteiger partial charge in [-0.2, -0.15) is 9.97 Å². The lowest BCUT2D eigenvalue weighted by Crippen LogP contribution is -2.33. The van der Waals surface area contributed by atoms with Crippen molar-refractivity contribution in [3.05, 3.63) is 126 Å². The predicted molar refractivity (Wildman–Crippen MR) is 428 cm³/mol. The summed E-state index contributed by atoms with van der Waals surface area (Å²) in [6, 6.07) is 3.15. The normalized spacial score (nSPS) is 28.5. The first-order valence-corrected chi connectivity index (χ1v) is 47.3. The number of aromatic nitrogens is 13. The number of nitrogen functional groups attached to an aromatic ring is 3. The molecule has 43 heteroatoms. The summed E-state index contributed by atoms with van der Waals surface area (Å²) in [7, 11) is -15.4. The molecule has 111 heavy (non-hydrogen) atoms. The third-order valence-electron chi connectivity index (χ3n) is 19.6. The predicted octanol–water partition coefficient (Wildman–Crippen LogP) is 5.50. The van der Waals surface area contributed by atoms with Gasteiger partial charge in [-0.1, -0.05) is 45.3 Å². The first kappa shape index (κ1) is 83.7. The van der Waals surface area contributed by atoms with E-state index in [0.29, 0.717) is 23.6 Å². The molecule has 12 heterocycles. The molecule has 10 N–H and O–H groups in total. The highest BCUT2D eigenvalue weighted by Crippen LogP contribution is 2.56. The summed E-state index contributed by atoms with van der Waals surface area (Å²) in [5.41, 5.74) is 15.2. The molecule has 5 saturated heterocycles. The molecule has 12 rings (SSSR count). The molecule has 20 atom stereocenters. The summed E-state index contributed by atoms with van der Waals surface area (Å²) in [5, 5.41) is 0. The number of imidazole rings is 2. The van der Waals surface area contributed by atoms with Crippen molar-refractivity contribution in [2.45, 2.75) is 180 Å². The number of aromatic amines is 4. The Morgan fingerprint density at radius 1 is 0.486 bits per heavy atom. The Morgan fingerprint density at radius 3 is 1.34 bits per heavy atom. The number of fused-ring (bicyclic) bond motifs is 2. The number of pyridine rings is 1. The SMILES string of the molecule is C=P(C)(OC[C@H]1O[C@@H](n2c(C)nc3c(=O)[nH]c(N)cc32)CC1OP(=C)(C)OC[C@H]1O[C@@H](n2cc(C)c(=O)[nH]c2=O)CC1OP(=C)(C)OC[C@H]1O[C@@H](n2c(C)nc3c(=O)[nH]c(N)nc32)CC1OP(=C)(C)OC[C@H]1O[C@@H](n2cc(C)c(=O)[nH]c2=O)CC1OP(=C)(C)OC[C@H]1O[C@@H](n2ccc(N)nc2=O)CC1C(C)C)OC(C)C. The zero-order valence-corrected chi connectivity index (χ0v) is 68.8. The summed E-state index contributed by atoms with van der Waals surface area (Å²) >= 11 is 0. The lowest BCUT2D eigenvalue weighted by molar-refractivity contribution is -0.0497. The van der Waals surface area contributed by atoms with Crippen molar-refractivity contribution in [3.8, 4) is 0 Å². The third-order valence-corrected chi connectivity index (χ3v) is 26.8. The number of aryl methyl sites for hydroxylation is 4. The number of H-pyrrole nitrogens is 4. The maximum Gasteiger partial charge on any atom is 0.351 e. The molecule has 0 amide bonds. The van der Waals surface area contributed by atoms with Gasteiger partial charge in [0.05, 0.1) is 75.2 Å². The Bertz CT molecular complexity index is 5360. The van der Waals surface area contributed by atoms with Crippen LogP contribution in [0.2, 0.25) is 0 Å². The van der Waals surface area contributed by atoms with Crippen LogP contribution in [-0.4, -0.2) is 222 Å². The van der Waals surface area contributed by atoms with Crippen LogP contribution in [0.1, 0.15) is 114 Å². The molecule has 610 valence electrons. The second-order valence-electron chi connectivity index (χ2n) is 30.0. The zero-order valence-electron chi connectivity index (χ0n) is 64.3. The maximum absolute atomic E-state index is 13.6. The second-order valence-corrected chi connectivity index (χ2v) is 42.5. The fourth-order valence-corrected chi connectivity index (χ4v) is 21.2. The smallest absolute Gasteiger partial charge is 0.351 e. The number of rotatable bonds is 31. The van der Waals surface area contributed by atoms with Crippen molar-refractivity contribution < 1.29 is 68.9 Å². The Kier molecular flexibility index (Phi) is 24.8. The second kappa shape index (κ2) is 32.9. The highest BCUT2D eigenvalue weighted by molar-refractivity contribution is 7.65. The van der Waals surface area contributed by atoms with Crippen molar-refractivity contribution in [1.82, 2.24) is 62.7 Å². The van der Waals surface area contributed by atoms with Gasteiger partial charge in [0.25, 0.3) is 22.2 Å². The fraction of sp³-hybridized carbons (Fsp3) is 0.588. The van der Waals surface area contributed by atoms with E-state index in [-0.39, 0.29) is 122 Å². The highest BCUT2D eigenvalue weighted by Gasteiger charge is 2.48. The van der Waals surface area contributed by atoms with E-state index in [1.807, 2.05) is 13.8 Å². The summed E-state index contributed by atoms with van der Waals surface area (Å²) in [6.07, 6.45) is 15.6. The average molecular weight is 1650 g/mol. The minimum Gasteiger partial charge on any atom is -0.385 e. The summed E-state index contributed by atoms with van der Waals surface area (Å²) in [4.78, 5) is 119. The van der Waals surface area contributed by atoms with Gasteiger partial charge in [-0.05, 0) is 65.9 Å². The third kappa shape index (κ3) is 19.5. The Balaban J connectivity index is 0.767. The van der Waals surface area contributed by atoms with Crippen LogP contribution in [0.5, 0.6) is 0 Å². The first-order valence-electron chi connectivity index (χ1n) is 36.0. The van der Waals surface area contributed by atoms with E-state index >= 15 is 0 Å². The molecule has 0 radical (unpaired) electrons. The number of hydrogen-bond donors (Lipinski definition) is 7. The largest absolute Gasteiger partial charge is 0.385 e.